The van der Waals surface area contributed by atoms with Gasteiger partial charge in [0.05, 0.1) is 32.0 Å². The first-order chi connectivity index (χ1) is 34.1. The van der Waals surface area contributed by atoms with E-state index >= 15 is 0 Å². The first kappa shape index (κ1) is 64.6. The molecule has 2 aliphatic rings. The normalized spacial score (nSPS) is 26.1. The van der Waals surface area contributed by atoms with E-state index in [2.05, 4.69) is 31.3 Å². The summed E-state index contributed by atoms with van der Waals surface area (Å²) >= 11 is 0. The first-order valence-electron chi connectivity index (χ1n) is 28.6. The van der Waals surface area contributed by atoms with Crippen LogP contribution in [0.1, 0.15) is 232 Å². The fourth-order valence-electron chi connectivity index (χ4n) is 9.46. The number of carbonyl (C=O) groups is 1. The van der Waals surface area contributed by atoms with Crippen LogP contribution in [0.25, 0.3) is 0 Å². The SMILES string of the molecule is CCCCCCCC/C=C\CCCCCCCCCCCCCCCC(=O)N[C@@H](CO[C@@H]1OC(CO)[C@@H](O[C@@H]2OC(CO)[C@@H](O)[C@H](O)C2O)[C@H](O)C1O)[C@H](O)/C=C/CCCCCCCCCCCCC. The predicted octanol–water partition coefficient (Wildman–Crippen LogP) is 8.89. The number of ether oxygens (including phenoxy) is 4. The lowest BCUT2D eigenvalue weighted by Gasteiger charge is -2.46. The summed E-state index contributed by atoms with van der Waals surface area (Å²) in [5.41, 5.74) is 0. The van der Waals surface area contributed by atoms with E-state index in [1.165, 1.54) is 167 Å². The smallest absolute Gasteiger partial charge is 0.220 e. The third kappa shape index (κ3) is 28.8. The zero-order chi connectivity index (χ0) is 51.0. The van der Waals surface area contributed by atoms with Gasteiger partial charge in [0.25, 0.3) is 0 Å². The Bertz CT molecular complexity index is 1270. The molecule has 2 heterocycles. The average molecular weight is 1000 g/mol. The molecule has 0 bridgehead atoms. The van der Waals surface area contributed by atoms with Crippen molar-refractivity contribution in [2.45, 2.75) is 306 Å². The number of hydrogen-bond donors (Lipinski definition) is 9. The Hall–Kier alpha value is -1.53. The monoisotopic (exact) mass is 1000 g/mol. The number of aliphatic hydroxyl groups is 8. The van der Waals surface area contributed by atoms with Crippen LogP contribution in [0.2, 0.25) is 0 Å². The Kier molecular flexibility index (Phi) is 39.5. The molecule has 70 heavy (non-hydrogen) atoms. The maximum Gasteiger partial charge on any atom is 0.220 e. The zero-order valence-electron chi connectivity index (χ0n) is 44.0. The first-order valence-corrected chi connectivity index (χ1v) is 28.6. The van der Waals surface area contributed by atoms with Gasteiger partial charge in [-0.3, -0.25) is 4.79 Å². The number of allylic oxidation sites excluding steroid dienone is 3. The highest BCUT2D eigenvalue weighted by Gasteiger charge is 2.51. The highest BCUT2D eigenvalue weighted by molar-refractivity contribution is 5.76. The van der Waals surface area contributed by atoms with Crippen molar-refractivity contribution in [2.24, 2.45) is 0 Å². The Labute approximate surface area is 424 Å². The number of unbranched alkanes of at least 4 members (excludes halogenated alkanes) is 30. The minimum absolute atomic E-state index is 0.238. The summed E-state index contributed by atoms with van der Waals surface area (Å²) in [6.45, 7) is 2.79. The average Bonchev–Trinajstić information content (AvgIpc) is 3.36. The molecule has 14 nitrogen and oxygen atoms in total. The molecule has 2 saturated heterocycles. The van der Waals surface area contributed by atoms with Gasteiger partial charge in [0, 0.05) is 6.42 Å². The lowest BCUT2D eigenvalue weighted by atomic mass is 9.97. The second kappa shape index (κ2) is 42.8. The van der Waals surface area contributed by atoms with Crippen molar-refractivity contribution in [1.29, 1.82) is 0 Å². The molecule has 9 N–H and O–H groups in total. The molecular weight excluding hydrogens is 895 g/mol. The van der Waals surface area contributed by atoms with Gasteiger partial charge in [-0.2, -0.15) is 0 Å². The molecule has 412 valence electrons. The molecule has 0 spiro atoms. The van der Waals surface area contributed by atoms with E-state index in [9.17, 15) is 45.6 Å². The van der Waals surface area contributed by atoms with E-state index in [1.807, 2.05) is 6.08 Å². The molecule has 1 amide bonds. The third-order valence-corrected chi connectivity index (χ3v) is 14.1. The molecule has 4 unspecified atom stereocenters. The number of rotatable bonds is 45. The zero-order valence-corrected chi connectivity index (χ0v) is 44.0. The van der Waals surface area contributed by atoms with Crippen molar-refractivity contribution < 1.29 is 64.6 Å². The van der Waals surface area contributed by atoms with Gasteiger partial charge in [0.1, 0.15) is 48.8 Å². The highest BCUT2D eigenvalue weighted by Crippen LogP contribution is 2.30. The molecule has 2 aliphatic heterocycles. The van der Waals surface area contributed by atoms with Crippen molar-refractivity contribution in [2.75, 3.05) is 19.8 Å². The van der Waals surface area contributed by atoms with Gasteiger partial charge in [0.2, 0.25) is 5.91 Å². The standard InChI is InChI=1S/C56H105NO13/c1-3-5-7-9-11-13-15-17-18-19-20-21-22-23-24-25-26-28-30-32-34-36-38-40-48(61)57-44(45(60)39-37-35-33-31-29-27-16-14-12-10-8-6-4-2)43-67-55-53(66)51(64)54(47(42-59)69-55)70-56-52(65)50(63)49(62)46(41-58)68-56/h17-18,37,39,44-47,49-56,58-60,62-66H,3-16,19-36,38,40-43H2,1-2H3,(H,57,61)/b18-17-,39-37+/t44-,45+,46?,47?,49+,50-,51+,52?,53?,54+,55+,56-/m0/s1. The molecule has 14 heteroatoms. The topological polar surface area (TPSA) is 228 Å². The van der Waals surface area contributed by atoms with Crippen LogP contribution < -0.4 is 5.32 Å². The molecule has 2 fully saturated rings. The summed E-state index contributed by atoms with van der Waals surface area (Å²) in [6.07, 6.45) is 32.2. The van der Waals surface area contributed by atoms with Crippen molar-refractivity contribution in [3.63, 3.8) is 0 Å². The van der Waals surface area contributed by atoms with E-state index < -0.39 is 86.8 Å². The Balaban J connectivity index is 1.75. The highest BCUT2D eigenvalue weighted by atomic mass is 16.7. The summed E-state index contributed by atoms with van der Waals surface area (Å²) in [5.74, 6) is -0.238. The fraction of sp³-hybridized carbons (Fsp3) is 0.911. The number of hydrogen-bond acceptors (Lipinski definition) is 13. The lowest BCUT2D eigenvalue weighted by molar-refractivity contribution is -0.359. The Morgan fingerprint density at radius 1 is 0.500 bits per heavy atom. The number of carbonyl (C=O) groups excluding carboxylic acids is 1. The van der Waals surface area contributed by atoms with Crippen LogP contribution in [0.4, 0.5) is 0 Å². The van der Waals surface area contributed by atoms with Crippen molar-refractivity contribution >= 4 is 5.91 Å². The minimum Gasteiger partial charge on any atom is -0.394 e. The maximum atomic E-state index is 13.2. The maximum absolute atomic E-state index is 13.2. The van der Waals surface area contributed by atoms with E-state index in [1.54, 1.807) is 6.08 Å². The van der Waals surface area contributed by atoms with Gasteiger partial charge in [-0.05, 0) is 44.9 Å². The van der Waals surface area contributed by atoms with E-state index in [-0.39, 0.29) is 18.9 Å². The number of nitrogens with one attached hydrogen (secondary N) is 1. The van der Waals surface area contributed by atoms with Gasteiger partial charge in [0.15, 0.2) is 12.6 Å². The van der Waals surface area contributed by atoms with Crippen LogP contribution in [0, 0.1) is 0 Å². The van der Waals surface area contributed by atoms with E-state index in [0.717, 1.165) is 38.5 Å². The second-order valence-electron chi connectivity index (χ2n) is 20.4. The molecule has 0 aromatic heterocycles. The fourth-order valence-corrected chi connectivity index (χ4v) is 9.46. The van der Waals surface area contributed by atoms with Gasteiger partial charge in [-0.1, -0.05) is 205 Å². The minimum atomic E-state index is -1.79. The quantitative estimate of drug-likeness (QED) is 0.0205. The van der Waals surface area contributed by atoms with E-state index in [0.29, 0.717) is 6.42 Å². The number of amides is 1. The van der Waals surface area contributed by atoms with Crippen molar-refractivity contribution in [3.8, 4) is 0 Å². The van der Waals surface area contributed by atoms with E-state index in [4.69, 9.17) is 18.9 Å². The molecule has 0 saturated carbocycles. The predicted molar refractivity (Wildman–Crippen MR) is 277 cm³/mol. The summed E-state index contributed by atoms with van der Waals surface area (Å²) in [7, 11) is 0. The Morgan fingerprint density at radius 3 is 1.36 bits per heavy atom. The number of aliphatic hydroxyl groups excluding tert-OH is 8. The summed E-state index contributed by atoms with van der Waals surface area (Å²) in [5, 5.41) is 86.9. The van der Waals surface area contributed by atoms with Crippen LogP contribution in [0.15, 0.2) is 24.3 Å². The largest absolute Gasteiger partial charge is 0.394 e. The second-order valence-corrected chi connectivity index (χ2v) is 20.4. The van der Waals surface area contributed by atoms with Crippen LogP contribution in [-0.2, 0) is 23.7 Å². The van der Waals surface area contributed by atoms with Gasteiger partial charge in [-0.25, -0.2) is 0 Å². The molecule has 0 radical (unpaired) electrons. The lowest BCUT2D eigenvalue weighted by Crippen LogP contribution is -2.65. The van der Waals surface area contributed by atoms with Crippen LogP contribution in [0.5, 0.6) is 0 Å². The van der Waals surface area contributed by atoms with Crippen molar-refractivity contribution in [3.05, 3.63) is 24.3 Å². The molecule has 12 atom stereocenters. The summed E-state index contributed by atoms with van der Waals surface area (Å²) in [4.78, 5) is 13.2. The molecule has 0 aliphatic carbocycles. The molecule has 0 aromatic rings. The van der Waals surface area contributed by atoms with Crippen LogP contribution in [-0.4, -0.2) is 140 Å². The van der Waals surface area contributed by atoms with Gasteiger partial charge < -0.3 is 65.1 Å². The molecule has 0 aromatic carbocycles. The molecular formula is C56H105NO13. The van der Waals surface area contributed by atoms with Gasteiger partial charge in [-0.15, -0.1) is 0 Å². The van der Waals surface area contributed by atoms with Crippen molar-refractivity contribution in [1.82, 2.24) is 5.32 Å². The van der Waals surface area contributed by atoms with Crippen LogP contribution >= 0.6 is 0 Å². The Morgan fingerprint density at radius 2 is 0.900 bits per heavy atom. The summed E-state index contributed by atoms with van der Waals surface area (Å²) in [6, 6.07) is -0.911. The third-order valence-electron chi connectivity index (χ3n) is 14.1. The van der Waals surface area contributed by atoms with Gasteiger partial charge >= 0.3 is 0 Å². The summed E-state index contributed by atoms with van der Waals surface area (Å²) < 4.78 is 22.7. The molecule has 2 rings (SSSR count). The van der Waals surface area contributed by atoms with Crippen LogP contribution in [0.3, 0.4) is 0 Å².